The summed E-state index contributed by atoms with van der Waals surface area (Å²) in [5.41, 5.74) is 2.86. The van der Waals surface area contributed by atoms with E-state index in [-0.39, 0.29) is 11.8 Å². The smallest absolute Gasteiger partial charge is 0.226 e. The molecule has 1 amide bonds. The molecule has 1 N–H and O–H groups in total. The number of ether oxygens (including phenoxy) is 1. The van der Waals surface area contributed by atoms with Gasteiger partial charge < -0.3 is 14.5 Å². The molecule has 1 saturated heterocycles. The van der Waals surface area contributed by atoms with Crippen LogP contribution < -0.4 is 5.32 Å². The van der Waals surface area contributed by atoms with Gasteiger partial charge in [0.05, 0.1) is 12.2 Å². The summed E-state index contributed by atoms with van der Waals surface area (Å²) in [6.07, 6.45) is 3.18. The van der Waals surface area contributed by atoms with E-state index < -0.39 is 0 Å². The summed E-state index contributed by atoms with van der Waals surface area (Å²) in [5, 5.41) is 2.93. The number of oxazole rings is 1. The highest BCUT2D eigenvalue weighted by atomic mass is 16.5. The topological polar surface area (TPSA) is 64.4 Å². The Hall–Kier alpha value is -2.14. The van der Waals surface area contributed by atoms with Crippen LogP contribution >= 0.6 is 0 Å². The third-order valence-electron chi connectivity index (χ3n) is 3.89. The van der Waals surface area contributed by atoms with Crippen LogP contribution in [0.1, 0.15) is 24.1 Å². The lowest BCUT2D eigenvalue weighted by Gasteiger charge is -2.20. The monoisotopic (exact) mass is 300 g/mol. The average molecular weight is 300 g/mol. The Morgan fingerprint density at radius 3 is 2.73 bits per heavy atom. The maximum Gasteiger partial charge on any atom is 0.226 e. The normalized spacial score (nSPS) is 15.7. The second-order valence-electron chi connectivity index (χ2n) is 5.61. The van der Waals surface area contributed by atoms with E-state index in [0.29, 0.717) is 25.6 Å². The highest BCUT2D eigenvalue weighted by molar-refractivity contribution is 5.78. The van der Waals surface area contributed by atoms with Gasteiger partial charge in [-0.15, -0.1) is 0 Å². The van der Waals surface area contributed by atoms with Crippen molar-refractivity contribution in [3.05, 3.63) is 41.8 Å². The molecular formula is C17H20N2O3. The van der Waals surface area contributed by atoms with Crippen LogP contribution in [0, 0.1) is 12.8 Å². The number of amides is 1. The second kappa shape index (κ2) is 6.75. The van der Waals surface area contributed by atoms with Crippen molar-refractivity contribution in [3.63, 3.8) is 0 Å². The van der Waals surface area contributed by atoms with Gasteiger partial charge in [0.15, 0.2) is 0 Å². The number of nitrogens with one attached hydrogen (secondary N) is 1. The SMILES string of the molecule is Cc1ccc(-c2nc(CNC(=O)C3CCOCC3)co2)cc1. The van der Waals surface area contributed by atoms with Crippen molar-refractivity contribution in [2.75, 3.05) is 13.2 Å². The molecule has 1 aromatic heterocycles. The molecule has 22 heavy (non-hydrogen) atoms. The average Bonchev–Trinajstić information content (AvgIpc) is 3.03. The highest BCUT2D eigenvalue weighted by Crippen LogP contribution is 2.19. The Morgan fingerprint density at radius 2 is 2.00 bits per heavy atom. The van der Waals surface area contributed by atoms with Gasteiger partial charge in [0.25, 0.3) is 0 Å². The Labute approximate surface area is 129 Å². The Balaban J connectivity index is 1.57. The molecule has 0 unspecified atom stereocenters. The first kappa shape index (κ1) is 14.8. The van der Waals surface area contributed by atoms with Gasteiger partial charge in [0.2, 0.25) is 11.8 Å². The predicted octanol–water partition coefficient (Wildman–Crippen LogP) is 2.69. The second-order valence-corrected chi connectivity index (χ2v) is 5.61. The molecular weight excluding hydrogens is 280 g/mol. The van der Waals surface area contributed by atoms with Gasteiger partial charge in [0, 0.05) is 24.7 Å². The van der Waals surface area contributed by atoms with Crippen molar-refractivity contribution in [2.24, 2.45) is 5.92 Å². The van der Waals surface area contributed by atoms with Gasteiger partial charge in [-0.1, -0.05) is 17.7 Å². The number of hydrogen-bond donors (Lipinski definition) is 1. The van der Waals surface area contributed by atoms with E-state index in [4.69, 9.17) is 9.15 Å². The van der Waals surface area contributed by atoms with E-state index in [2.05, 4.69) is 10.3 Å². The molecule has 5 heteroatoms. The fourth-order valence-corrected chi connectivity index (χ4v) is 2.50. The molecule has 3 rings (SSSR count). The Kier molecular flexibility index (Phi) is 4.53. The number of carbonyl (C=O) groups excluding carboxylic acids is 1. The largest absolute Gasteiger partial charge is 0.444 e. The summed E-state index contributed by atoms with van der Waals surface area (Å²) in [7, 11) is 0. The fourth-order valence-electron chi connectivity index (χ4n) is 2.50. The maximum absolute atomic E-state index is 12.1. The number of carbonyl (C=O) groups is 1. The first-order valence-electron chi connectivity index (χ1n) is 7.59. The van der Waals surface area contributed by atoms with Gasteiger partial charge >= 0.3 is 0 Å². The quantitative estimate of drug-likeness (QED) is 0.943. The van der Waals surface area contributed by atoms with Crippen LogP contribution in [0.5, 0.6) is 0 Å². The van der Waals surface area contributed by atoms with Crippen LogP contribution in [0.3, 0.4) is 0 Å². The minimum absolute atomic E-state index is 0.0530. The molecule has 2 heterocycles. The summed E-state index contributed by atoms with van der Waals surface area (Å²) < 4.78 is 10.8. The zero-order valence-electron chi connectivity index (χ0n) is 12.7. The molecule has 0 saturated carbocycles. The molecule has 0 spiro atoms. The number of benzene rings is 1. The predicted molar refractivity (Wildman–Crippen MR) is 82.1 cm³/mol. The highest BCUT2D eigenvalue weighted by Gasteiger charge is 2.21. The molecule has 0 radical (unpaired) electrons. The third-order valence-corrected chi connectivity index (χ3v) is 3.89. The van der Waals surface area contributed by atoms with Gasteiger partial charge in [-0.05, 0) is 31.9 Å². The van der Waals surface area contributed by atoms with E-state index in [1.807, 2.05) is 31.2 Å². The van der Waals surface area contributed by atoms with Crippen molar-refractivity contribution in [1.29, 1.82) is 0 Å². The summed E-state index contributed by atoms with van der Waals surface area (Å²) in [5.74, 6) is 0.704. The van der Waals surface area contributed by atoms with Crippen molar-refractivity contribution in [1.82, 2.24) is 10.3 Å². The van der Waals surface area contributed by atoms with Gasteiger partial charge in [0.1, 0.15) is 6.26 Å². The zero-order valence-corrected chi connectivity index (χ0v) is 12.7. The van der Waals surface area contributed by atoms with E-state index in [1.165, 1.54) is 5.56 Å². The number of nitrogens with zero attached hydrogens (tertiary/aromatic N) is 1. The summed E-state index contributed by atoms with van der Waals surface area (Å²) >= 11 is 0. The van der Waals surface area contributed by atoms with Crippen LogP contribution in [-0.4, -0.2) is 24.1 Å². The van der Waals surface area contributed by atoms with Crippen molar-refractivity contribution < 1.29 is 13.9 Å². The fraction of sp³-hybridized carbons (Fsp3) is 0.412. The molecule has 0 atom stereocenters. The van der Waals surface area contributed by atoms with E-state index in [0.717, 1.165) is 24.1 Å². The molecule has 1 aliphatic heterocycles. The molecule has 116 valence electrons. The van der Waals surface area contributed by atoms with Gasteiger partial charge in [-0.2, -0.15) is 0 Å². The molecule has 5 nitrogen and oxygen atoms in total. The Bertz CT molecular complexity index is 628. The van der Waals surface area contributed by atoms with Gasteiger partial charge in [-0.25, -0.2) is 4.98 Å². The van der Waals surface area contributed by atoms with E-state index in [1.54, 1.807) is 6.26 Å². The molecule has 1 aromatic carbocycles. The summed E-state index contributed by atoms with van der Waals surface area (Å²) in [6.45, 7) is 3.77. The lowest BCUT2D eigenvalue weighted by molar-refractivity contribution is -0.128. The first-order chi connectivity index (χ1) is 10.7. The molecule has 0 aliphatic carbocycles. The zero-order chi connectivity index (χ0) is 15.4. The van der Waals surface area contributed by atoms with Crippen molar-refractivity contribution in [2.45, 2.75) is 26.3 Å². The molecule has 1 aliphatic rings. The number of hydrogen-bond acceptors (Lipinski definition) is 4. The lowest BCUT2D eigenvalue weighted by Crippen LogP contribution is -2.33. The summed E-state index contributed by atoms with van der Waals surface area (Å²) in [6, 6.07) is 8.00. The van der Waals surface area contributed by atoms with Crippen LogP contribution in [-0.2, 0) is 16.1 Å². The van der Waals surface area contributed by atoms with Crippen molar-refractivity contribution >= 4 is 5.91 Å². The van der Waals surface area contributed by atoms with E-state index in [9.17, 15) is 4.79 Å². The first-order valence-corrected chi connectivity index (χ1v) is 7.59. The summed E-state index contributed by atoms with van der Waals surface area (Å²) in [4.78, 5) is 16.5. The minimum Gasteiger partial charge on any atom is -0.444 e. The molecule has 2 aromatic rings. The molecule has 1 fully saturated rings. The standard InChI is InChI=1S/C17H20N2O3/c1-12-2-4-14(5-3-12)17-19-15(11-22-17)10-18-16(20)13-6-8-21-9-7-13/h2-5,11,13H,6-10H2,1H3,(H,18,20). The maximum atomic E-state index is 12.1. The number of aromatic nitrogens is 1. The van der Waals surface area contributed by atoms with Crippen LogP contribution in [0.15, 0.2) is 34.9 Å². The number of rotatable bonds is 4. The third kappa shape index (κ3) is 3.54. The minimum atomic E-state index is 0.0530. The van der Waals surface area contributed by atoms with Crippen molar-refractivity contribution in [3.8, 4) is 11.5 Å². The van der Waals surface area contributed by atoms with Crippen LogP contribution in [0.2, 0.25) is 0 Å². The van der Waals surface area contributed by atoms with Crippen LogP contribution in [0.4, 0.5) is 0 Å². The van der Waals surface area contributed by atoms with Crippen LogP contribution in [0.25, 0.3) is 11.5 Å². The molecule has 0 bridgehead atoms. The van der Waals surface area contributed by atoms with E-state index >= 15 is 0 Å². The van der Waals surface area contributed by atoms with Gasteiger partial charge in [-0.3, -0.25) is 4.79 Å². The number of aryl methyl sites for hydroxylation is 1. The lowest BCUT2D eigenvalue weighted by atomic mass is 9.99. The Morgan fingerprint density at radius 1 is 1.27 bits per heavy atom.